The lowest BCUT2D eigenvalue weighted by atomic mass is 10.1. The van der Waals surface area contributed by atoms with E-state index in [1.54, 1.807) is 23.1 Å². The van der Waals surface area contributed by atoms with Gasteiger partial charge in [0.25, 0.3) is 0 Å². The van der Waals surface area contributed by atoms with Crippen LogP contribution in [-0.2, 0) is 11.2 Å². The van der Waals surface area contributed by atoms with Crippen molar-refractivity contribution in [2.75, 3.05) is 6.54 Å². The molecule has 0 aliphatic heterocycles. The van der Waals surface area contributed by atoms with Gasteiger partial charge in [0.1, 0.15) is 5.82 Å². The molecule has 0 atom stereocenters. The maximum Gasteiger partial charge on any atom is 0.227 e. The summed E-state index contributed by atoms with van der Waals surface area (Å²) in [6.07, 6.45) is 0.331. The van der Waals surface area contributed by atoms with Crippen molar-refractivity contribution in [3.05, 3.63) is 35.6 Å². The molecule has 0 saturated carbocycles. The summed E-state index contributed by atoms with van der Waals surface area (Å²) in [5.41, 5.74) is 0.394. The zero-order valence-electron chi connectivity index (χ0n) is 10.7. The Morgan fingerprint density at radius 3 is 2.67 bits per heavy atom. The Balaban J connectivity index is 2.73. The molecule has 4 heteroatoms. The van der Waals surface area contributed by atoms with Gasteiger partial charge in [0, 0.05) is 12.6 Å². The van der Waals surface area contributed by atoms with E-state index < -0.39 is 0 Å². The number of hydrogen-bond acceptors (Lipinski definition) is 2. The molecule has 0 radical (unpaired) electrons. The van der Waals surface area contributed by atoms with E-state index in [4.69, 9.17) is 5.26 Å². The van der Waals surface area contributed by atoms with E-state index in [2.05, 4.69) is 0 Å². The van der Waals surface area contributed by atoms with E-state index >= 15 is 0 Å². The zero-order valence-corrected chi connectivity index (χ0v) is 10.7. The maximum absolute atomic E-state index is 13.4. The fraction of sp³-hybridized carbons (Fsp3) is 0.429. The van der Waals surface area contributed by atoms with Crippen molar-refractivity contribution >= 4 is 5.91 Å². The third kappa shape index (κ3) is 3.85. The monoisotopic (exact) mass is 248 g/mol. The van der Waals surface area contributed by atoms with Crippen LogP contribution in [0, 0.1) is 17.1 Å². The summed E-state index contributed by atoms with van der Waals surface area (Å²) < 4.78 is 13.4. The van der Waals surface area contributed by atoms with Gasteiger partial charge in [-0.15, -0.1) is 0 Å². The first-order chi connectivity index (χ1) is 8.56. The van der Waals surface area contributed by atoms with Crippen molar-refractivity contribution in [1.29, 1.82) is 5.26 Å². The summed E-state index contributed by atoms with van der Waals surface area (Å²) in [6, 6.07) is 8.28. The lowest BCUT2D eigenvalue weighted by molar-refractivity contribution is -0.132. The molecule has 1 amide bonds. The van der Waals surface area contributed by atoms with Gasteiger partial charge >= 0.3 is 0 Å². The number of benzene rings is 1. The molecule has 96 valence electrons. The molecule has 0 aliphatic carbocycles. The highest BCUT2D eigenvalue weighted by molar-refractivity contribution is 5.79. The van der Waals surface area contributed by atoms with Gasteiger partial charge in [-0.05, 0) is 25.5 Å². The van der Waals surface area contributed by atoms with Crippen molar-refractivity contribution in [1.82, 2.24) is 4.90 Å². The van der Waals surface area contributed by atoms with E-state index in [9.17, 15) is 9.18 Å². The molecule has 18 heavy (non-hydrogen) atoms. The van der Waals surface area contributed by atoms with Crippen LogP contribution in [0.3, 0.4) is 0 Å². The van der Waals surface area contributed by atoms with Crippen molar-refractivity contribution in [2.45, 2.75) is 32.7 Å². The van der Waals surface area contributed by atoms with E-state index in [-0.39, 0.29) is 24.2 Å². The largest absolute Gasteiger partial charge is 0.339 e. The van der Waals surface area contributed by atoms with Crippen LogP contribution in [0.1, 0.15) is 25.8 Å². The average Bonchev–Trinajstić information content (AvgIpc) is 2.32. The summed E-state index contributed by atoms with van der Waals surface area (Å²) in [5.74, 6) is -0.514. The standard InChI is InChI=1S/C14H17FN2O/c1-11(2)17(9-5-8-16)14(18)10-12-6-3-4-7-13(12)15/h3-4,6-7,11H,5,9-10H2,1-2H3. The Kier molecular flexibility index (Phi) is 5.31. The van der Waals surface area contributed by atoms with Crippen LogP contribution < -0.4 is 0 Å². The first kappa shape index (κ1) is 14.2. The molecule has 0 fully saturated rings. The number of carbonyl (C=O) groups excluding carboxylic acids is 1. The van der Waals surface area contributed by atoms with E-state index in [0.29, 0.717) is 18.5 Å². The highest BCUT2D eigenvalue weighted by Crippen LogP contribution is 2.10. The Morgan fingerprint density at radius 1 is 1.44 bits per heavy atom. The molecule has 0 spiro atoms. The second-order valence-electron chi connectivity index (χ2n) is 4.36. The summed E-state index contributed by atoms with van der Waals surface area (Å²) in [6.45, 7) is 4.16. The van der Waals surface area contributed by atoms with Gasteiger partial charge in [-0.25, -0.2) is 4.39 Å². The van der Waals surface area contributed by atoms with Crippen LogP contribution >= 0.6 is 0 Å². The van der Waals surface area contributed by atoms with Crippen LogP contribution in [0.2, 0.25) is 0 Å². The van der Waals surface area contributed by atoms with Crippen LogP contribution in [0.25, 0.3) is 0 Å². The van der Waals surface area contributed by atoms with Crippen molar-refractivity contribution in [3.8, 4) is 6.07 Å². The smallest absolute Gasteiger partial charge is 0.227 e. The third-order valence-electron chi connectivity index (χ3n) is 2.71. The maximum atomic E-state index is 13.4. The Bertz CT molecular complexity index is 451. The van der Waals surface area contributed by atoms with Gasteiger partial charge in [0.2, 0.25) is 5.91 Å². The number of nitriles is 1. The van der Waals surface area contributed by atoms with E-state index in [1.807, 2.05) is 19.9 Å². The Hall–Kier alpha value is -1.89. The molecule has 1 rings (SSSR count). The van der Waals surface area contributed by atoms with Gasteiger partial charge in [0.15, 0.2) is 0 Å². The third-order valence-corrected chi connectivity index (χ3v) is 2.71. The molecule has 0 unspecified atom stereocenters. The molecular formula is C14H17FN2O. The summed E-state index contributed by atoms with van der Waals surface area (Å²) >= 11 is 0. The first-order valence-electron chi connectivity index (χ1n) is 5.96. The fourth-order valence-corrected chi connectivity index (χ4v) is 1.75. The van der Waals surface area contributed by atoms with Crippen LogP contribution in [0.15, 0.2) is 24.3 Å². The Labute approximate surface area is 107 Å². The van der Waals surface area contributed by atoms with Gasteiger partial charge in [-0.3, -0.25) is 4.79 Å². The highest BCUT2D eigenvalue weighted by atomic mass is 19.1. The second-order valence-corrected chi connectivity index (χ2v) is 4.36. The number of amides is 1. The summed E-state index contributed by atoms with van der Waals surface area (Å²) in [4.78, 5) is 13.7. The first-order valence-corrected chi connectivity index (χ1v) is 5.96. The van der Waals surface area contributed by atoms with Crippen LogP contribution in [-0.4, -0.2) is 23.4 Å². The van der Waals surface area contributed by atoms with Crippen molar-refractivity contribution < 1.29 is 9.18 Å². The zero-order chi connectivity index (χ0) is 13.5. The molecule has 0 aromatic heterocycles. The predicted octanol–water partition coefficient (Wildman–Crippen LogP) is 2.52. The normalized spacial score (nSPS) is 10.2. The van der Waals surface area contributed by atoms with Crippen molar-refractivity contribution in [2.24, 2.45) is 0 Å². The van der Waals surface area contributed by atoms with Gasteiger partial charge in [-0.1, -0.05) is 18.2 Å². The quantitative estimate of drug-likeness (QED) is 0.803. The molecule has 0 saturated heterocycles. The minimum Gasteiger partial charge on any atom is -0.339 e. The summed E-state index contributed by atoms with van der Waals surface area (Å²) in [5, 5.41) is 8.56. The van der Waals surface area contributed by atoms with Gasteiger partial charge in [-0.2, -0.15) is 5.26 Å². The molecule has 0 heterocycles. The van der Waals surface area contributed by atoms with E-state index in [1.165, 1.54) is 6.07 Å². The lowest BCUT2D eigenvalue weighted by Crippen LogP contribution is -2.38. The topological polar surface area (TPSA) is 44.1 Å². The van der Waals surface area contributed by atoms with E-state index in [0.717, 1.165) is 0 Å². The SMILES string of the molecule is CC(C)N(CCC#N)C(=O)Cc1ccccc1F. The second kappa shape index (κ2) is 6.75. The average molecular weight is 248 g/mol. The fourth-order valence-electron chi connectivity index (χ4n) is 1.75. The summed E-state index contributed by atoms with van der Waals surface area (Å²) in [7, 11) is 0. The number of nitrogens with zero attached hydrogens (tertiary/aromatic N) is 2. The molecule has 0 bridgehead atoms. The minimum absolute atomic E-state index is 0.0117. The number of rotatable bonds is 5. The predicted molar refractivity (Wildman–Crippen MR) is 67.2 cm³/mol. The van der Waals surface area contributed by atoms with Crippen molar-refractivity contribution in [3.63, 3.8) is 0 Å². The van der Waals surface area contributed by atoms with Gasteiger partial charge < -0.3 is 4.90 Å². The number of carbonyl (C=O) groups is 1. The van der Waals surface area contributed by atoms with Crippen LogP contribution in [0.5, 0.6) is 0 Å². The molecular weight excluding hydrogens is 231 g/mol. The molecule has 1 aromatic rings. The molecule has 1 aromatic carbocycles. The Morgan fingerprint density at radius 2 is 2.11 bits per heavy atom. The minimum atomic E-state index is -0.366. The molecule has 0 aliphatic rings. The molecule has 3 nitrogen and oxygen atoms in total. The number of halogens is 1. The highest BCUT2D eigenvalue weighted by Gasteiger charge is 2.17. The van der Waals surface area contributed by atoms with Gasteiger partial charge in [0.05, 0.1) is 18.9 Å². The molecule has 0 N–H and O–H groups in total. The number of hydrogen-bond donors (Lipinski definition) is 0. The lowest BCUT2D eigenvalue weighted by Gasteiger charge is -2.26. The van der Waals surface area contributed by atoms with Crippen LogP contribution in [0.4, 0.5) is 4.39 Å².